The molecule has 0 aliphatic rings. The van der Waals surface area contributed by atoms with Crippen LogP contribution in [0.15, 0.2) is 18.2 Å². The van der Waals surface area contributed by atoms with Gasteiger partial charge in [-0.3, -0.25) is 9.59 Å². The van der Waals surface area contributed by atoms with Gasteiger partial charge in [-0.1, -0.05) is 32.3 Å². The summed E-state index contributed by atoms with van der Waals surface area (Å²) in [7, 11) is 5.64. The van der Waals surface area contributed by atoms with Gasteiger partial charge in [0.25, 0.3) is 0 Å². The maximum Gasteiger partial charge on any atom is 0.319 e. The fourth-order valence-corrected chi connectivity index (χ4v) is 2.11. The Kier molecular flexibility index (Phi) is 5.51. The predicted octanol–water partition coefficient (Wildman–Crippen LogP) is 2.01. The molecule has 0 spiro atoms. The number of amides is 1. The van der Waals surface area contributed by atoms with Crippen LogP contribution in [0, 0.1) is 11.3 Å². The van der Waals surface area contributed by atoms with E-state index in [4.69, 9.17) is 18.3 Å². The lowest BCUT2D eigenvalue weighted by molar-refractivity contribution is -0.165. The van der Waals surface area contributed by atoms with E-state index in [1.54, 1.807) is 39.0 Å². The van der Waals surface area contributed by atoms with Gasteiger partial charge in [0.2, 0.25) is 5.91 Å². The number of benzene rings is 1. The van der Waals surface area contributed by atoms with Gasteiger partial charge >= 0.3 is 5.97 Å². The largest absolute Gasteiger partial charge is 0.459 e. The predicted molar refractivity (Wildman–Crippen MR) is 93.7 cm³/mol. The minimum absolute atomic E-state index is 0.343. The molecule has 0 aliphatic carbocycles. The summed E-state index contributed by atoms with van der Waals surface area (Å²) in [6, 6.07) is 4.79. The highest BCUT2D eigenvalue weighted by Gasteiger charge is 2.40. The molecule has 0 aliphatic heterocycles. The van der Waals surface area contributed by atoms with Crippen LogP contribution in [0.2, 0.25) is 0 Å². The quantitative estimate of drug-likeness (QED) is 0.387. The lowest BCUT2D eigenvalue weighted by Gasteiger charge is -2.31. The summed E-state index contributed by atoms with van der Waals surface area (Å²) in [6.07, 6.45) is 0. The number of nitrogens with one attached hydrogen (secondary N) is 1. The molecule has 0 heterocycles. The van der Waals surface area contributed by atoms with E-state index < -0.39 is 28.8 Å². The first-order valence-corrected chi connectivity index (χ1v) is 7.50. The Morgan fingerprint density at radius 2 is 1.74 bits per heavy atom. The van der Waals surface area contributed by atoms with E-state index in [-0.39, 0.29) is 0 Å². The third kappa shape index (κ3) is 5.62. The normalized spacial score (nSPS) is 13.3. The van der Waals surface area contributed by atoms with Crippen molar-refractivity contribution in [2.75, 3.05) is 11.1 Å². The van der Waals surface area contributed by atoms with Crippen molar-refractivity contribution in [3.05, 3.63) is 18.2 Å². The molecule has 1 atom stereocenters. The first kappa shape index (κ1) is 19.1. The van der Waals surface area contributed by atoms with Crippen molar-refractivity contribution >= 4 is 36.6 Å². The third-order valence-corrected chi connectivity index (χ3v) is 3.10. The standard InChI is InChI=1S/C17H25BN2O3/c1-16(2,3)13(15(22)23-17(4,5)6)14(21)20-12-8-7-10(18)9-11(12)19/h7-9,13H,19H2,1-6H3,(H,20,21)/t13-/m0/s1. The molecule has 0 saturated carbocycles. The van der Waals surface area contributed by atoms with Crippen LogP contribution in [0.1, 0.15) is 41.5 Å². The number of anilines is 2. The van der Waals surface area contributed by atoms with Crippen LogP contribution < -0.4 is 16.5 Å². The zero-order chi connectivity index (χ0) is 18.0. The summed E-state index contributed by atoms with van der Waals surface area (Å²) in [5, 5.41) is 2.69. The molecular weight excluding hydrogens is 291 g/mol. The molecule has 0 saturated heterocycles. The van der Waals surface area contributed by atoms with Gasteiger partial charge in [0, 0.05) is 0 Å². The smallest absolute Gasteiger partial charge is 0.319 e. The van der Waals surface area contributed by atoms with Crippen LogP contribution >= 0.6 is 0 Å². The highest BCUT2D eigenvalue weighted by Crippen LogP contribution is 2.30. The minimum Gasteiger partial charge on any atom is -0.459 e. The van der Waals surface area contributed by atoms with E-state index in [1.807, 2.05) is 20.8 Å². The molecular formula is C17H25BN2O3. The Morgan fingerprint density at radius 3 is 2.17 bits per heavy atom. The van der Waals surface area contributed by atoms with Gasteiger partial charge in [0.05, 0.1) is 11.4 Å². The third-order valence-electron chi connectivity index (χ3n) is 3.10. The molecule has 0 unspecified atom stereocenters. The second-order valence-electron chi connectivity index (χ2n) is 7.67. The van der Waals surface area contributed by atoms with Crippen molar-refractivity contribution in [3.63, 3.8) is 0 Å². The van der Waals surface area contributed by atoms with Crippen molar-refractivity contribution in [3.8, 4) is 0 Å². The van der Waals surface area contributed by atoms with Crippen LogP contribution in [-0.2, 0) is 14.3 Å². The number of nitrogens with two attached hydrogens (primary N) is 1. The summed E-state index contributed by atoms with van der Waals surface area (Å²) in [6.45, 7) is 10.7. The number of nitrogen functional groups attached to an aromatic ring is 1. The number of carbonyl (C=O) groups excluding carboxylic acids is 2. The van der Waals surface area contributed by atoms with E-state index in [1.165, 1.54) is 0 Å². The summed E-state index contributed by atoms with van der Waals surface area (Å²) in [5.41, 5.74) is 5.84. The maximum absolute atomic E-state index is 12.6. The SMILES string of the molecule is [B]c1ccc(NC(=O)[C@@H](C(=O)OC(C)(C)C)C(C)(C)C)c(N)c1. The summed E-state index contributed by atoms with van der Waals surface area (Å²) >= 11 is 0. The van der Waals surface area contributed by atoms with E-state index in [9.17, 15) is 9.59 Å². The van der Waals surface area contributed by atoms with E-state index in [0.717, 1.165) is 0 Å². The van der Waals surface area contributed by atoms with Gasteiger partial charge in [0.1, 0.15) is 19.4 Å². The molecule has 124 valence electrons. The van der Waals surface area contributed by atoms with Crippen LogP contribution in [-0.4, -0.2) is 25.3 Å². The second-order valence-corrected chi connectivity index (χ2v) is 7.67. The van der Waals surface area contributed by atoms with Crippen molar-refractivity contribution < 1.29 is 14.3 Å². The van der Waals surface area contributed by atoms with E-state index >= 15 is 0 Å². The van der Waals surface area contributed by atoms with Gasteiger partial charge < -0.3 is 15.8 Å². The lowest BCUT2D eigenvalue weighted by atomic mass is 9.80. The average molecular weight is 316 g/mol. The Labute approximate surface area is 139 Å². The molecule has 1 aromatic carbocycles. The number of carbonyl (C=O) groups is 2. The number of rotatable bonds is 3. The molecule has 23 heavy (non-hydrogen) atoms. The Hall–Kier alpha value is -1.98. The van der Waals surface area contributed by atoms with Crippen LogP contribution in [0.4, 0.5) is 11.4 Å². The average Bonchev–Trinajstić information content (AvgIpc) is 2.28. The molecule has 1 rings (SSSR count). The monoisotopic (exact) mass is 316 g/mol. The van der Waals surface area contributed by atoms with Crippen molar-refractivity contribution in [1.82, 2.24) is 0 Å². The summed E-state index contributed by atoms with van der Waals surface area (Å²) < 4.78 is 5.38. The Bertz CT molecular complexity index is 601. The number of hydrogen-bond donors (Lipinski definition) is 2. The van der Waals surface area contributed by atoms with Gasteiger partial charge in [-0.25, -0.2) is 0 Å². The topological polar surface area (TPSA) is 81.4 Å². The minimum atomic E-state index is -0.960. The van der Waals surface area contributed by atoms with Crippen molar-refractivity contribution in [2.45, 2.75) is 47.1 Å². The zero-order valence-electron chi connectivity index (χ0n) is 14.7. The molecule has 6 heteroatoms. The number of hydrogen-bond acceptors (Lipinski definition) is 4. The van der Waals surface area contributed by atoms with Gasteiger partial charge in [-0.05, 0) is 38.3 Å². The fraction of sp³-hybridized carbons (Fsp3) is 0.529. The Balaban J connectivity index is 3.04. The zero-order valence-corrected chi connectivity index (χ0v) is 14.7. The molecule has 5 nitrogen and oxygen atoms in total. The molecule has 0 aromatic heterocycles. The maximum atomic E-state index is 12.6. The first-order valence-electron chi connectivity index (χ1n) is 7.50. The van der Waals surface area contributed by atoms with Crippen LogP contribution in [0.3, 0.4) is 0 Å². The molecule has 0 fully saturated rings. The Morgan fingerprint density at radius 1 is 1.17 bits per heavy atom. The molecule has 3 N–H and O–H groups in total. The molecule has 2 radical (unpaired) electrons. The summed E-state index contributed by atoms with van der Waals surface area (Å²) in [4.78, 5) is 25.1. The molecule has 1 amide bonds. The van der Waals surface area contributed by atoms with E-state index in [2.05, 4.69) is 5.32 Å². The van der Waals surface area contributed by atoms with Gasteiger partial charge in [0.15, 0.2) is 0 Å². The van der Waals surface area contributed by atoms with Gasteiger partial charge in [-0.2, -0.15) is 0 Å². The van der Waals surface area contributed by atoms with Crippen molar-refractivity contribution in [2.24, 2.45) is 11.3 Å². The van der Waals surface area contributed by atoms with Crippen LogP contribution in [0.5, 0.6) is 0 Å². The number of ether oxygens (including phenoxy) is 1. The summed E-state index contributed by atoms with van der Waals surface area (Å²) in [5.74, 6) is -1.97. The number of esters is 1. The highest BCUT2D eigenvalue weighted by atomic mass is 16.6. The van der Waals surface area contributed by atoms with Crippen LogP contribution in [0.25, 0.3) is 0 Å². The van der Waals surface area contributed by atoms with Crippen molar-refractivity contribution in [1.29, 1.82) is 0 Å². The van der Waals surface area contributed by atoms with Gasteiger partial charge in [-0.15, -0.1) is 0 Å². The highest BCUT2D eigenvalue weighted by molar-refractivity contribution is 6.32. The van der Waals surface area contributed by atoms with E-state index in [0.29, 0.717) is 16.8 Å². The second kappa shape index (κ2) is 6.65. The first-order chi connectivity index (χ1) is 10.3. The lowest BCUT2D eigenvalue weighted by Crippen LogP contribution is -2.42. The fourth-order valence-electron chi connectivity index (χ4n) is 2.11. The molecule has 0 bridgehead atoms. The molecule has 1 aromatic rings.